The first kappa shape index (κ1) is 14.5. The average Bonchev–Trinajstić information content (AvgIpc) is 2.86. The van der Waals surface area contributed by atoms with E-state index in [1.54, 1.807) is 11.0 Å². The Morgan fingerprint density at radius 3 is 2.89 bits per heavy atom. The zero-order chi connectivity index (χ0) is 14.3. The number of rotatable bonds is 4. The molecule has 0 bridgehead atoms. The van der Waals surface area contributed by atoms with Gasteiger partial charge in [-0.3, -0.25) is 4.65 Å². The Bertz CT molecular complexity index is 587. The minimum absolute atomic E-state index is 0.00835. The van der Waals surface area contributed by atoms with Gasteiger partial charge >= 0.3 is 5.13 Å². The fraction of sp³-hybridized carbons (Fsp3) is 0.556. The van der Waals surface area contributed by atoms with Crippen molar-refractivity contribution in [2.24, 2.45) is 0 Å². The highest BCUT2D eigenvalue weighted by Gasteiger charge is 2.43. The molecule has 106 valence electrons. The minimum atomic E-state index is -3.49. The third kappa shape index (κ3) is 2.68. The topological polar surface area (TPSA) is 106 Å². The second-order valence-corrected chi connectivity index (χ2v) is 7.51. The Morgan fingerprint density at radius 2 is 2.37 bits per heavy atom. The van der Waals surface area contributed by atoms with Crippen LogP contribution >= 0.6 is 11.3 Å². The highest BCUT2D eigenvalue weighted by molar-refractivity contribution is 7.92. The first-order valence-corrected chi connectivity index (χ1v) is 8.12. The monoisotopic (exact) mass is 306 g/mol. The van der Waals surface area contributed by atoms with Gasteiger partial charge in [0, 0.05) is 12.8 Å². The van der Waals surface area contributed by atoms with Crippen molar-refractivity contribution < 1.29 is 13.5 Å². The molecule has 0 amide bonds. The van der Waals surface area contributed by atoms with Gasteiger partial charge in [0.1, 0.15) is 6.67 Å². The molecule has 1 aliphatic heterocycles. The first-order chi connectivity index (χ1) is 8.77. The summed E-state index contributed by atoms with van der Waals surface area (Å²) < 4.78 is 21.3. The second kappa shape index (κ2) is 4.89. The van der Waals surface area contributed by atoms with Gasteiger partial charge in [-0.05, 0) is 11.3 Å². The zero-order valence-electron chi connectivity index (χ0n) is 10.3. The van der Waals surface area contributed by atoms with Crippen LogP contribution in [0.15, 0.2) is 17.0 Å². The molecule has 2 rings (SSSR count). The summed E-state index contributed by atoms with van der Waals surface area (Å²) in [4.78, 5) is 1.71. The van der Waals surface area contributed by atoms with Gasteiger partial charge in [-0.1, -0.05) is 11.2 Å². The minimum Gasteiger partial charge on any atom is -0.623 e. The molecule has 1 aromatic rings. The number of hydrogen-bond acceptors (Lipinski definition) is 8. The van der Waals surface area contributed by atoms with Crippen LogP contribution in [0.5, 0.6) is 0 Å². The largest absolute Gasteiger partial charge is 0.623 e. The average molecular weight is 306 g/mol. The van der Waals surface area contributed by atoms with Crippen molar-refractivity contribution in [2.45, 2.75) is 10.6 Å². The summed E-state index contributed by atoms with van der Waals surface area (Å²) >= 11 is 0.697. The SMILES string of the molecule is C=CCN1CC(O)[N+]([O-])(c2nnc(S(C)(=O)=O)s2)C1. The van der Waals surface area contributed by atoms with Gasteiger partial charge in [0.2, 0.25) is 20.4 Å². The van der Waals surface area contributed by atoms with E-state index in [-0.39, 0.29) is 22.7 Å². The quantitative estimate of drug-likeness (QED) is 0.455. The van der Waals surface area contributed by atoms with Crippen LogP contribution in [0, 0.1) is 5.21 Å². The third-order valence-electron chi connectivity index (χ3n) is 2.74. The molecule has 2 unspecified atom stereocenters. The van der Waals surface area contributed by atoms with E-state index in [1.807, 2.05) is 0 Å². The number of hydroxylamine groups is 2. The lowest BCUT2D eigenvalue weighted by Crippen LogP contribution is -2.48. The summed E-state index contributed by atoms with van der Waals surface area (Å²) in [6.45, 7) is 4.21. The molecule has 1 N–H and O–H groups in total. The van der Waals surface area contributed by atoms with Gasteiger partial charge in [-0.2, -0.15) is 0 Å². The summed E-state index contributed by atoms with van der Waals surface area (Å²) in [6, 6.07) is 0. The van der Waals surface area contributed by atoms with Crippen LogP contribution in [0.25, 0.3) is 0 Å². The van der Waals surface area contributed by atoms with Crippen molar-refractivity contribution in [3.05, 3.63) is 17.9 Å². The van der Waals surface area contributed by atoms with E-state index < -0.39 is 20.7 Å². The molecular formula is C9H14N4O4S2. The summed E-state index contributed by atoms with van der Waals surface area (Å²) in [6.07, 6.45) is 1.42. The van der Waals surface area contributed by atoms with Crippen molar-refractivity contribution in [3.8, 4) is 0 Å². The van der Waals surface area contributed by atoms with Crippen LogP contribution in [0.3, 0.4) is 0 Å². The van der Waals surface area contributed by atoms with Crippen molar-refractivity contribution in [3.63, 3.8) is 0 Å². The van der Waals surface area contributed by atoms with Crippen molar-refractivity contribution >= 4 is 26.3 Å². The summed E-state index contributed by atoms with van der Waals surface area (Å²) in [5.74, 6) is 0. The molecule has 10 heteroatoms. The number of aliphatic hydroxyl groups excluding tert-OH is 1. The number of quaternary nitrogens is 1. The highest BCUT2D eigenvalue weighted by Crippen LogP contribution is 2.33. The number of β-amino-alcohol motifs (C(OH)–C–C–N with tert-alkyl or cyclic N) is 1. The van der Waals surface area contributed by atoms with Crippen LogP contribution in [0.4, 0.5) is 5.13 Å². The molecule has 1 aromatic heterocycles. The van der Waals surface area contributed by atoms with Gasteiger partial charge < -0.3 is 10.3 Å². The fourth-order valence-corrected chi connectivity index (χ4v) is 3.49. The van der Waals surface area contributed by atoms with Crippen LogP contribution < -0.4 is 4.65 Å². The summed E-state index contributed by atoms with van der Waals surface area (Å²) in [5.41, 5.74) is 0. The van der Waals surface area contributed by atoms with Gasteiger partial charge in [0.25, 0.3) is 0 Å². The maximum absolute atomic E-state index is 12.6. The number of hydrogen-bond donors (Lipinski definition) is 1. The molecule has 0 aliphatic carbocycles. The van der Waals surface area contributed by atoms with E-state index in [9.17, 15) is 18.7 Å². The van der Waals surface area contributed by atoms with Gasteiger partial charge in [-0.25, -0.2) is 13.3 Å². The maximum atomic E-state index is 12.6. The molecule has 0 aromatic carbocycles. The number of sulfone groups is 1. The number of nitrogens with zero attached hydrogens (tertiary/aromatic N) is 4. The lowest BCUT2D eigenvalue weighted by atomic mass is 10.5. The van der Waals surface area contributed by atoms with Crippen LogP contribution in [0.2, 0.25) is 0 Å². The van der Waals surface area contributed by atoms with E-state index >= 15 is 0 Å². The molecule has 8 nitrogen and oxygen atoms in total. The Kier molecular flexibility index (Phi) is 3.73. The van der Waals surface area contributed by atoms with Crippen LogP contribution in [-0.4, -0.2) is 60.9 Å². The molecular weight excluding hydrogens is 292 g/mol. The Hall–Kier alpha value is -0.910. The van der Waals surface area contributed by atoms with Gasteiger partial charge in [0.15, 0.2) is 0 Å². The van der Waals surface area contributed by atoms with E-state index in [0.717, 1.165) is 6.26 Å². The lowest BCUT2D eigenvalue weighted by molar-refractivity contribution is 0.0844. The lowest BCUT2D eigenvalue weighted by Gasteiger charge is -2.36. The third-order valence-corrected chi connectivity index (χ3v) is 5.44. The van der Waals surface area contributed by atoms with Gasteiger partial charge in [-0.15, -0.1) is 11.7 Å². The predicted octanol–water partition coefficient (Wildman–Crippen LogP) is -0.476. The summed E-state index contributed by atoms with van der Waals surface area (Å²) in [5, 5.41) is 29.5. The van der Waals surface area contributed by atoms with Crippen molar-refractivity contribution in [1.82, 2.24) is 19.7 Å². The van der Waals surface area contributed by atoms with Gasteiger partial charge in [0.05, 0.1) is 6.54 Å². The Balaban J connectivity index is 2.30. The molecule has 1 aliphatic rings. The maximum Gasteiger partial charge on any atom is 0.310 e. The predicted molar refractivity (Wildman–Crippen MR) is 70.8 cm³/mol. The molecule has 0 spiro atoms. The molecule has 19 heavy (non-hydrogen) atoms. The van der Waals surface area contributed by atoms with E-state index in [4.69, 9.17) is 0 Å². The van der Waals surface area contributed by atoms with Crippen molar-refractivity contribution in [1.29, 1.82) is 0 Å². The first-order valence-electron chi connectivity index (χ1n) is 5.41. The molecule has 0 radical (unpaired) electrons. The molecule has 0 saturated carbocycles. The zero-order valence-corrected chi connectivity index (χ0v) is 11.9. The van der Waals surface area contributed by atoms with Crippen LogP contribution in [0.1, 0.15) is 0 Å². The number of aliphatic hydroxyl groups is 1. The van der Waals surface area contributed by atoms with E-state index in [0.29, 0.717) is 17.9 Å². The molecule has 2 atom stereocenters. The Morgan fingerprint density at radius 1 is 1.68 bits per heavy atom. The fourth-order valence-electron chi connectivity index (χ4n) is 1.82. The number of aromatic nitrogens is 2. The second-order valence-electron chi connectivity index (χ2n) is 4.36. The highest BCUT2D eigenvalue weighted by atomic mass is 32.2. The smallest absolute Gasteiger partial charge is 0.310 e. The normalized spacial score (nSPS) is 28.7. The molecule has 2 heterocycles. The van der Waals surface area contributed by atoms with Crippen LogP contribution in [-0.2, 0) is 9.84 Å². The van der Waals surface area contributed by atoms with E-state index in [2.05, 4.69) is 16.8 Å². The van der Waals surface area contributed by atoms with E-state index in [1.165, 1.54) is 0 Å². The van der Waals surface area contributed by atoms with Crippen molar-refractivity contribution in [2.75, 3.05) is 26.0 Å². The molecule has 1 saturated heterocycles. The standard InChI is InChI=1S/C9H14N4O4S2/c1-3-4-12-5-7(14)13(15,6-12)8-10-11-9(18-8)19(2,16)17/h3,7,14H,1,4-6H2,2H3. The Labute approximate surface area is 114 Å². The summed E-state index contributed by atoms with van der Waals surface area (Å²) in [7, 11) is -3.49. The molecule has 1 fully saturated rings.